The molecule has 2 aliphatic carbocycles. The maximum Gasteiger partial charge on any atom is -0.0101 e. The fraction of sp³-hybridized carbons (Fsp3) is 0.647. The molecular weight excluding hydrogens is 204 g/mol. The summed E-state index contributed by atoms with van der Waals surface area (Å²) in [4.78, 5) is 0. The first-order valence-electron chi connectivity index (χ1n) is 7.25. The minimum absolute atomic E-state index is 0.406. The number of benzene rings is 1. The summed E-state index contributed by atoms with van der Waals surface area (Å²) >= 11 is 0. The van der Waals surface area contributed by atoms with Crippen molar-refractivity contribution in [2.45, 2.75) is 70.6 Å². The van der Waals surface area contributed by atoms with Crippen LogP contribution in [0.4, 0.5) is 0 Å². The van der Waals surface area contributed by atoms with Crippen LogP contribution in [0.3, 0.4) is 0 Å². The van der Waals surface area contributed by atoms with Crippen LogP contribution in [0.15, 0.2) is 12.1 Å². The van der Waals surface area contributed by atoms with Crippen LogP contribution in [0.1, 0.15) is 74.6 Å². The first kappa shape index (κ1) is 11.3. The monoisotopic (exact) mass is 228 g/mol. The van der Waals surface area contributed by atoms with Crippen LogP contribution in [0, 0.1) is 0 Å². The molecule has 0 radical (unpaired) electrons. The number of hydrogen-bond donors (Lipinski definition) is 0. The highest BCUT2D eigenvalue weighted by Gasteiger charge is 2.30. The third kappa shape index (κ3) is 1.73. The van der Waals surface area contributed by atoms with Crippen LogP contribution in [-0.2, 0) is 18.3 Å². The zero-order chi connectivity index (χ0) is 12.0. The second-order valence-corrected chi connectivity index (χ2v) is 6.69. The quantitative estimate of drug-likeness (QED) is 0.601. The fourth-order valence-corrected chi connectivity index (χ4v) is 3.97. The Kier molecular flexibility index (Phi) is 2.57. The fourth-order valence-electron chi connectivity index (χ4n) is 3.97. The summed E-state index contributed by atoms with van der Waals surface area (Å²) in [5.41, 5.74) is 7.17. The minimum atomic E-state index is 0.406. The predicted octanol–water partition coefficient (Wildman–Crippen LogP) is 4.74. The van der Waals surface area contributed by atoms with E-state index in [0.717, 1.165) is 5.92 Å². The van der Waals surface area contributed by atoms with Crippen molar-refractivity contribution in [3.05, 3.63) is 34.4 Å². The van der Waals surface area contributed by atoms with Crippen molar-refractivity contribution in [3.63, 3.8) is 0 Å². The summed E-state index contributed by atoms with van der Waals surface area (Å²) in [5.74, 6) is 0.786. The molecule has 0 heterocycles. The zero-order valence-corrected chi connectivity index (χ0v) is 11.5. The molecule has 1 aromatic carbocycles. The van der Waals surface area contributed by atoms with Crippen molar-refractivity contribution in [1.29, 1.82) is 0 Å². The summed E-state index contributed by atoms with van der Waals surface area (Å²) in [6.07, 6.45) is 8.17. The van der Waals surface area contributed by atoms with Gasteiger partial charge in [-0.25, -0.2) is 0 Å². The topological polar surface area (TPSA) is 0 Å². The number of fused-ring (bicyclic) bond motifs is 3. The lowest BCUT2D eigenvalue weighted by atomic mass is 9.68. The van der Waals surface area contributed by atoms with Crippen LogP contribution in [0.5, 0.6) is 0 Å². The molecule has 3 rings (SSSR count). The third-order valence-corrected chi connectivity index (χ3v) is 5.02. The second-order valence-electron chi connectivity index (χ2n) is 6.69. The molecular formula is C17H24. The predicted molar refractivity (Wildman–Crippen MR) is 73.8 cm³/mol. The van der Waals surface area contributed by atoms with E-state index in [1.165, 1.54) is 38.5 Å². The Balaban J connectivity index is 2.17. The molecule has 0 unspecified atom stereocenters. The molecule has 92 valence electrons. The van der Waals surface area contributed by atoms with Gasteiger partial charge in [0.1, 0.15) is 0 Å². The van der Waals surface area contributed by atoms with E-state index in [4.69, 9.17) is 0 Å². The van der Waals surface area contributed by atoms with Crippen molar-refractivity contribution in [2.24, 2.45) is 0 Å². The molecule has 0 saturated carbocycles. The van der Waals surface area contributed by atoms with E-state index in [9.17, 15) is 0 Å². The Morgan fingerprint density at radius 3 is 2.65 bits per heavy atom. The van der Waals surface area contributed by atoms with Gasteiger partial charge in [0.2, 0.25) is 0 Å². The van der Waals surface area contributed by atoms with Crippen LogP contribution in [-0.4, -0.2) is 0 Å². The van der Waals surface area contributed by atoms with Gasteiger partial charge >= 0.3 is 0 Å². The zero-order valence-electron chi connectivity index (χ0n) is 11.5. The van der Waals surface area contributed by atoms with Gasteiger partial charge in [-0.3, -0.25) is 0 Å². The van der Waals surface area contributed by atoms with E-state index >= 15 is 0 Å². The van der Waals surface area contributed by atoms with Gasteiger partial charge in [-0.1, -0.05) is 32.9 Å². The van der Waals surface area contributed by atoms with Gasteiger partial charge < -0.3 is 0 Å². The Morgan fingerprint density at radius 1 is 1.06 bits per heavy atom. The van der Waals surface area contributed by atoms with E-state index in [0.29, 0.717) is 5.41 Å². The summed E-state index contributed by atoms with van der Waals surface area (Å²) in [6.45, 7) is 7.24. The molecule has 0 fully saturated rings. The molecule has 0 saturated heterocycles. The normalized spacial score (nSPS) is 26.2. The molecule has 0 N–H and O–H groups in total. The van der Waals surface area contributed by atoms with Gasteiger partial charge in [0.25, 0.3) is 0 Å². The molecule has 0 heteroatoms. The van der Waals surface area contributed by atoms with Gasteiger partial charge in [-0.2, -0.15) is 0 Å². The SMILES string of the molecule is C[C@@H]1CCCc2c1ccc1c2CCCC1(C)C. The van der Waals surface area contributed by atoms with Crippen molar-refractivity contribution in [3.8, 4) is 0 Å². The van der Waals surface area contributed by atoms with Gasteiger partial charge in [0.15, 0.2) is 0 Å². The standard InChI is InChI=1S/C17H24/c1-12-6-4-7-14-13(12)9-10-16-15(14)8-5-11-17(16,2)3/h9-10,12H,4-8,11H2,1-3H3/t12-/m1/s1. The largest absolute Gasteiger partial charge is 0.0584 e. The molecule has 1 aromatic rings. The van der Waals surface area contributed by atoms with Crippen molar-refractivity contribution >= 4 is 0 Å². The highest BCUT2D eigenvalue weighted by molar-refractivity contribution is 5.48. The highest BCUT2D eigenvalue weighted by Crippen LogP contribution is 2.42. The Morgan fingerprint density at radius 2 is 1.82 bits per heavy atom. The van der Waals surface area contributed by atoms with Crippen LogP contribution < -0.4 is 0 Å². The lowest BCUT2D eigenvalue weighted by Crippen LogP contribution is -2.26. The van der Waals surface area contributed by atoms with E-state index in [2.05, 4.69) is 32.9 Å². The maximum absolute atomic E-state index is 2.44. The molecule has 0 aliphatic heterocycles. The number of rotatable bonds is 0. The molecule has 0 aromatic heterocycles. The average molecular weight is 228 g/mol. The first-order chi connectivity index (χ1) is 8.09. The first-order valence-corrected chi connectivity index (χ1v) is 7.25. The Hall–Kier alpha value is -0.780. The second kappa shape index (κ2) is 3.86. The molecule has 0 amide bonds. The molecule has 0 nitrogen and oxygen atoms in total. The summed E-state index contributed by atoms with van der Waals surface area (Å²) in [6, 6.07) is 4.88. The molecule has 2 aliphatic rings. The van der Waals surface area contributed by atoms with Gasteiger partial charge in [-0.05, 0) is 72.1 Å². The highest BCUT2D eigenvalue weighted by atomic mass is 14.4. The maximum atomic E-state index is 2.44. The van der Waals surface area contributed by atoms with E-state index in [1.807, 2.05) is 0 Å². The lowest BCUT2D eigenvalue weighted by molar-refractivity contribution is 0.427. The Bertz CT molecular complexity index is 440. The lowest BCUT2D eigenvalue weighted by Gasteiger charge is -2.36. The number of hydrogen-bond acceptors (Lipinski definition) is 0. The molecule has 0 bridgehead atoms. The molecule has 1 atom stereocenters. The summed E-state index contributed by atoms with van der Waals surface area (Å²) < 4.78 is 0. The summed E-state index contributed by atoms with van der Waals surface area (Å²) in [5, 5.41) is 0. The Labute approximate surface area is 105 Å². The molecule has 0 spiro atoms. The average Bonchev–Trinajstić information content (AvgIpc) is 2.29. The van der Waals surface area contributed by atoms with Crippen LogP contribution in [0.2, 0.25) is 0 Å². The van der Waals surface area contributed by atoms with Gasteiger partial charge in [-0.15, -0.1) is 0 Å². The smallest absolute Gasteiger partial charge is 0.0101 e. The molecule has 17 heavy (non-hydrogen) atoms. The van der Waals surface area contributed by atoms with E-state index in [-0.39, 0.29) is 0 Å². The third-order valence-electron chi connectivity index (χ3n) is 5.02. The summed E-state index contributed by atoms with van der Waals surface area (Å²) in [7, 11) is 0. The van der Waals surface area contributed by atoms with Crippen molar-refractivity contribution in [1.82, 2.24) is 0 Å². The van der Waals surface area contributed by atoms with Gasteiger partial charge in [0, 0.05) is 0 Å². The van der Waals surface area contributed by atoms with Crippen LogP contribution >= 0.6 is 0 Å². The van der Waals surface area contributed by atoms with Crippen LogP contribution in [0.25, 0.3) is 0 Å². The van der Waals surface area contributed by atoms with E-state index < -0.39 is 0 Å². The van der Waals surface area contributed by atoms with E-state index in [1.54, 1.807) is 22.3 Å². The van der Waals surface area contributed by atoms with Crippen molar-refractivity contribution < 1.29 is 0 Å². The minimum Gasteiger partial charge on any atom is -0.0584 e. The van der Waals surface area contributed by atoms with Crippen molar-refractivity contribution in [2.75, 3.05) is 0 Å². The van der Waals surface area contributed by atoms with Gasteiger partial charge in [0.05, 0.1) is 0 Å².